The zero-order valence-corrected chi connectivity index (χ0v) is 16.3. The topological polar surface area (TPSA) is 66.4 Å². The van der Waals surface area contributed by atoms with E-state index in [9.17, 15) is 13.5 Å². The van der Waals surface area contributed by atoms with Crippen molar-refractivity contribution >= 4 is 21.6 Å². The number of halogens is 1. The molecule has 0 heterocycles. The van der Waals surface area contributed by atoms with Crippen LogP contribution in [0, 0.1) is 0 Å². The average molecular weight is 402 g/mol. The molecule has 0 aromatic heterocycles. The van der Waals surface area contributed by atoms with E-state index in [4.69, 9.17) is 11.6 Å². The van der Waals surface area contributed by atoms with Gasteiger partial charge in [0.25, 0.3) is 0 Å². The lowest BCUT2D eigenvalue weighted by Crippen LogP contribution is -2.38. The van der Waals surface area contributed by atoms with Crippen LogP contribution in [0.25, 0.3) is 11.1 Å². The Bertz CT molecular complexity index is 1020. The molecule has 27 heavy (non-hydrogen) atoms. The Morgan fingerprint density at radius 2 is 1.56 bits per heavy atom. The Morgan fingerprint density at radius 3 is 2.19 bits per heavy atom. The van der Waals surface area contributed by atoms with Crippen LogP contribution in [0.3, 0.4) is 0 Å². The first-order valence-corrected chi connectivity index (χ1v) is 10.3. The Labute approximate surface area is 164 Å². The van der Waals surface area contributed by atoms with Crippen LogP contribution in [-0.2, 0) is 15.6 Å². The van der Waals surface area contributed by atoms with Crippen LogP contribution in [0.5, 0.6) is 0 Å². The van der Waals surface area contributed by atoms with Crippen molar-refractivity contribution in [3.05, 3.63) is 89.4 Å². The molecule has 3 rings (SSSR count). The second kappa shape index (κ2) is 7.82. The third-order valence-corrected chi connectivity index (χ3v) is 5.96. The standard InChI is InChI=1S/C21H20ClNO3S/c1-21(24,15-23-27(25,26)20-9-5-8-19(22)14-20)18-12-10-17(11-13-18)16-6-3-2-4-7-16/h2-14,23-24H,15H2,1H3. The van der Waals surface area contributed by atoms with E-state index < -0.39 is 15.6 Å². The predicted molar refractivity (Wildman–Crippen MR) is 108 cm³/mol. The molecule has 4 nitrogen and oxygen atoms in total. The first-order chi connectivity index (χ1) is 12.8. The molecule has 0 aliphatic rings. The lowest BCUT2D eigenvalue weighted by atomic mass is 9.94. The number of hydrogen-bond donors (Lipinski definition) is 2. The van der Waals surface area contributed by atoms with Crippen LogP contribution >= 0.6 is 11.6 Å². The van der Waals surface area contributed by atoms with Crippen LogP contribution in [-0.4, -0.2) is 20.1 Å². The highest BCUT2D eigenvalue weighted by Gasteiger charge is 2.26. The summed E-state index contributed by atoms with van der Waals surface area (Å²) in [6, 6.07) is 23.3. The quantitative estimate of drug-likeness (QED) is 0.650. The molecule has 0 spiro atoms. The van der Waals surface area contributed by atoms with Crippen molar-refractivity contribution in [2.24, 2.45) is 0 Å². The molecule has 1 atom stereocenters. The van der Waals surface area contributed by atoms with Gasteiger partial charge in [0, 0.05) is 11.6 Å². The van der Waals surface area contributed by atoms with Gasteiger partial charge in [-0.3, -0.25) is 0 Å². The largest absolute Gasteiger partial charge is 0.384 e. The molecule has 0 saturated heterocycles. The molecule has 0 saturated carbocycles. The zero-order chi connectivity index (χ0) is 19.5. The second-order valence-electron chi connectivity index (χ2n) is 6.50. The minimum atomic E-state index is -3.77. The number of hydrogen-bond acceptors (Lipinski definition) is 3. The number of sulfonamides is 1. The summed E-state index contributed by atoms with van der Waals surface area (Å²) in [6.07, 6.45) is 0. The molecule has 0 fully saturated rings. The summed E-state index contributed by atoms with van der Waals surface area (Å²) in [4.78, 5) is 0.0604. The number of aliphatic hydroxyl groups is 1. The maximum absolute atomic E-state index is 12.4. The summed E-state index contributed by atoms with van der Waals surface area (Å²) in [7, 11) is -3.77. The maximum atomic E-state index is 12.4. The minimum absolute atomic E-state index is 0.0604. The molecule has 0 amide bonds. The lowest BCUT2D eigenvalue weighted by Gasteiger charge is -2.24. The Kier molecular flexibility index (Phi) is 5.67. The van der Waals surface area contributed by atoms with E-state index >= 15 is 0 Å². The average Bonchev–Trinajstić information content (AvgIpc) is 2.67. The van der Waals surface area contributed by atoms with Gasteiger partial charge in [-0.1, -0.05) is 72.3 Å². The lowest BCUT2D eigenvalue weighted by molar-refractivity contribution is 0.0627. The molecule has 140 valence electrons. The molecule has 2 N–H and O–H groups in total. The Morgan fingerprint density at radius 1 is 0.926 bits per heavy atom. The van der Waals surface area contributed by atoms with Crippen LogP contribution in [0.2, 0.25) is 5.02 Å². The molecular formula is C21H20ClNO3S. The van der Waals surface area contributed by atoms with E-state index in [-0.39, 0.29) is 11.4 Å². The molecule has 0 bridgehead atoms. The highest BCUT2D eigenvalue weighted by Crippen LogP contribution is 2.25. The molecule has 6 heteroatoms. The molecule has 0 radical (unpaired) electrons. The Hall–Kier alpha value is -2.18. The first-order valence-electron chi connectivity index (χ1n) is 8.41. The van der Waals surface area contributed by atoms with Gasteiger partial charge in [-0.05, 0) is 41.8 Å². The van der Waals surface area contributed by atoms with Gasteiger partial charge >= 0.3 is 0 Å². The third-order valence-electron chi connectivity index (χ3n) is 4.33. The maximum Gasteiger partial charge on any atom is 0.240 e. The van der Waals surface area contributed by atoms with Crippen molar-refractivity contribution in [2.75, 3.05) is 6.54 Å². The van der Waals surface area contributed by atoms with E-state index in [0.29, 0.717) is 10.6 Å². The van der Waals surface area contributed by atoms with E-state index in [0.717, 1.165) is 11.1 Å². The van der Waals surface area contributed by atoms with Crippen molar-refractivity contribution in [3.8, 4) is 11.1 Å². The fraction of sp³-hybridized carbons (Fsp3) is 0.143. The van der Waals surface area contributed by atoms with Crippen LogP contribution < -0.4 is 4.72 Å². The highest BCUT2D eigenvalue weighted by atomic mass is 35.5. The van der Waals surface area contributed by atoms with Crippen LogP contribution in [0.15, 0.2) is 83.8 Å². The molecule has 3 aromatic rings. The number of benzene rings is 3. The number of nitrogens with one attached hydrogen (secondary N) is 1. The van der Waals surface area contributed by atoms with Crippen molar-refractivity contribution in [2.45, 2.75) is 17.4 Å². The van der Waals surface area contributed by atoms with Gasteiger partial charge < -0.3 is 5.11 Å². The Balaban J connectivity index is 1.74. The first kappa shape index (κ1) is 19.6. The fourth-order valence-electron chi connectivity index (χ4n) is 2.71. The van der Waals surface area contributed by atoms with Gasteiger partial charge in [0.2, 0.25) is 10.0 Å². The SMILES string of the molecule is CC(O)(CNS(=O)(=O)c1cccc(Cl)c1)c1ccc(-c2ccccc2)cc1. The summed E-state index contributed by atoms with van der Waals surface area (Å²) in [5.74, 6) is 0. The summed E-state index contributed by atoms with van der Waals surface area (Å²) in [5, 5.41) is 11.1. The van der Waals surface area contributed by atoms with E-state index in [1.165, 1.54) is 12.1 Å². The van der Waals surface area contributed by atoms with E-state index in [1.54, 1.807) is 31.2 Å². The fourth-order valence-corrected chi connectivity index (χ4v) is 4.14. The summed E-state index contributed by atoms with van der Waals surface area (Å²) in [6.45, 7) is 1.41. The zero-order valence-electron chi connectivity index (χ0n) is 14.8. The van der Waals surface area contributed by atoms with Crippen molar-refractivity contribution in [1.82, 2.24) is 4.72 Å². The molecule has 1 unspecified atom stereocenters. The molecule has 3 aromatic carbocycles. The summed E-state index contributed by atoms with van der Waals surface area (Å²) in [5.41, 5.74) is 1.36. The number of rotatable bonds is 6. The van der Waals surface area contributed by atoms with Gasteiger partial charge in [0.15, 0.2) is 0 Å². The highest BCUT2D eigenvalue weighted by molar-refractivity contribution is 7.89. The molecule has 0 aliphatic carbocycles. The van der Waals surface area contributed by atoms with Gasteiger partial charge in [-0.15, -0.1) is 0 Å². The summed E-state index contributed by atoms with van der Waals surface area (Å²) >= 11 is 5.86. The third kappa shape index (κ3) is 4.76. The van der Waals surface area contributed by atoms with Gasteiger partial charge in [-0.25, -0.2) is 13.1 Å². The normalized spacial score (nSPS) is 13.9. The van der Waals surface area contributed by atoms with Crippen molar-refractivity contribution in [3.63, 3.8) is 0 Å². The van der Waals surface area contributed by atoms with Gasteiger partial charge in [-0.2, -0.15) is 0 Å². The van der Waals surface area contributed by atoms with Crippen LogP contribution in [0.1, 0.15) is 12.5 Å². The van der Waals surface area contributed by atoms with E-state index in [1.807, 2.05) is 42.5 Å². The van der Waals surface area contributed by atoms with Crippen molar-refractivity contribution < 1.29 is 13.5 Å². The predicted octanol–water partition coefficient (Wildman–Crippen LogP) is 4.19. The van der Waals surface area contributed by atoms with E-state index in [2.05, 4.69) is 4.72 Å². The van der Waals surface area contributed by atoms with Gasteiger partial charge in [0.05, 0.1) is 4.90 Å². The minimum Gasteiger partial charge on any atom is -0.384 e. The smallest absolute Gasteiger partial charge is 0.240 e. The molecular weight excluding hydrogens is 382 g/mol. The summed E-state index contributed by atoms with van der Waals surface area (Å²) < 4.78 is 27.3. The van der Waals surface area contributed by atoms with Crippen LogP contribution in [0.4, 0.5) is 0 Å². The second-order valence-corrected chi connectivity index (χ2v) is 8.70. The monoisotopic (exact) mass is 401 g/mol. The molecule has 0 aliphatic heterocycles. The van der Waals surface area contributed by atoms with Crippen molar-refractivity contribution in [1.29, 1.82) is 0 Å². The van der Waals surface area contributed by atoms with Gasteiger partial charge in [0.1, 0.15) is 5.60 Å².